The summed E-state index contributed by atoms with van der Waals surface area (Å²) in [6.07, 6.45) is 2.56. The molecule has 98 valence electrons. The largest absolute Gasteiger partial charge is 0.443 e. The van der Waals surface area contributed by atoms with Crippen LogP contribution >= 0.6 is 0 Å². The Morgan fingerprint density at radius 2 is 2.12 bits per heavy atom. The van der Waals surface area contributed by atoms with E-state index in [0.717, 1.165) is 24.6 Å². The molecule has 0 atom stereocenters. The maximum Gasteiger partial charge on any atom is 0.195 e. The lowest BCUT2D eigenvalue weighted by Crippen LogP contribution is -2.24. The molecule has 0 bridgehead atoms. The highest BCUT2D eigenvalue weighted by molar-refractivity contribution is 4.93. The molecular weight excluding hydrogens is 216 g/mol. The monoisotopic (exact) mass is 240 g/mol. The Hall–Kier alpha value is -0.870. The number of oxazole rings is 1. The number of hydrogen-bond donors (Lipinski definition) is 1. The van der Waals surface area contributed by atoms with Crippen LogP contribution in [-0.2, 0) is 17.8 Å². The van der Waals surface area contributed by atoms with E-state index in [2.05, 4.69) is 24.1 Å². The molecule has 4 heteroatoms. The van der Waals surface area contributed by atoms with Crippen molar-refractivity contribution < 1.29 is 9.15 Å². The van der Waals surface area contributed by atoms with Crippen molar-refractivity contribution in [1.82, 2.24) is 10.3 Å². The van der Waals surface area contributed by atoms with Crippen LogP contribution in [0.5, 0.6) is 0 Å². The number of ether oxygens (including phenoxy) is 1. The molecule has 0 saturated heterocycles. The van der Waals surface area contributed by atoms with Gasteiger partial charge in [-0.3, -0.25) is 0 Å². The van der Waals surface area contributed by atoms with Gasteiger partial charge < -0.3 is 14.5 Å². The van der Waals surface area contributed by atoms with Crippen molar-refractivity contribution in [3.05, 3.63) is 17.8 Å². The highest BCUT2D eigenvalue weighted by Crippen LogP contribution is 2.12. The van der Waals surface area contributed by atoms with E-state index in [1.165, 1.54) is 0 Å². The zero-order valence-corrected chi connectivity index (χ0v) is 11.5. The molecule has 0 spiro atoms. The maximum absolute atomic E-state index is 5.62. The summed E-state index contributed by atoms with van der Waals surface area (Å²) in [6, 6.07) is 0.494. The lowest BCUT2D eigenvalue weighted by atomic mass is 10.2. The summed E-state index contributed by atoms with van der Waals surface area (Å²) in [5, 5.41) is 3.33. The van der Waals surface area contributed by atoms with E-state index in [1.807, 2.05) is 20.8 Å². The van der Waals surface area contributed by atoms with Gasteiger partial charge in [0, 0.05) is 19.0 Å². The topological polar surface area (TPSA) is 47.3 Å². The average molecular weight is 240 g/mol. The number of aromatic nitrogens is 1. The van der Waals surface area contributed by atoms with Crippen molar-refractivity contribution in [3.8, 4) is 0 Å². The Kier molecular flexibility index (Phi) is 5.15. The summed E-state index contributed by atoms with van der Waals surface area (Å²) in [5.41, 5.74) is -0.147. The lowest BCUT2D eigenvalue weighted by molar-refractivity contribution is -0.0227. The zero-order valence-electron chi connectivity index (χ0n) is 11.5. The summed E-state index contributed by atoms with van der Waals surface area (Å²) in [4.78, 5) is 4.23. The van der Waals surface area contributed by atoms with E-state index < -0.39 is 0 Å². The first kappa shape index (κ1) is 14.2. The van der Waals surface area contributed by atoms with Gasteiger partial charge in [-0.15, -0.1) is 0 Å². The molecular formula is C13H24N2O2. The van der Waals surface area contributed by atoms with Gasteiger partial charge in [-0.2, -0.15) is 0 Å². The first-order valence-corrected chi connectivity index (χ1v) is 6.18. The van der Waals surface area contributed by atoms with Gasteiger partial charge in [0.2, 0.25) is 0 Å². The third kappa shape index (κ3) is 6.44. The molecule has 0 saturated carbocycles. The van der Waals surface area contributed by atoms with Crippen LogP contribution in [0.2, 0.25) is 0 Å². The molecule has 0 unspecified atom stereocenters. The van der Waals surface area contributed by atoms with Gasteiger partial charge in [-0.1, -0.05) is 13.8 Å². The normalized spacial score (nSPS) is 12.4. The van der Waals surface area contributed by atoms with Crippen LogP contribution in [0.15, 0.2) is 10.6 Å². The van der Waals surface area contributed by atoms with E-state index in [0.29, 0.717) is 12.6 Å². The molecule has 0 amide bonds. The van der Waals surface area contributed by atoms with E-state index >= 15 is 0 Å². The standard InChI is InChI=1S/C13H24N2O2/c1-10(2)14-7-6-12-15-8-11(17-12)9-16-13(3,4)5/h8,10,14H,6-7,9H2,1-5H3. The summed E-state index contributed by atoms with van der Waals surface area (Å²) in [7, 11) is 0. The maximum atomic E-state index is 5.62. The first-order chi connectivity index (χ1) is 7.87. The fraction of sp³-hybridized carbons (Fsp3) is 0.769. The molecule has 1 heterocycles. The minimum Gasteiger partial charge on any atom is -0.443 e. The Bertz CT molecular complexity index is 326. The molecule has 1 N–H and O–H groups in total. The minimum absolute atomic E-state index is 0.147. The first-order valence-electron chi connectivity index (χ1n) is 6.18. The fourth-order valence-electron chi connectivity index (χ4n) is 1.29. The number of nitrogens with zero attached hydrogens (tertiary/aromatic N) is 1. The predicted molar refractivity (Wildman–Crippen MR) is 67.9 cm³/mol. The highest BCUT2D eigenvalue weighted by atomic mass is 16.5. The van der Waals surface area contributed by atoms with Crippen molar-refractivity contribution in [3.63, 3.8) is 0 Å². The molecule has 1 aromatic rings. The Morgan fingerprint density at radius 3 is 2.71 bits per heavy atom. The van der Waals surface area contributed by atoms with Gasteiger partial charge >= 0.3 is 0 Å². The van der Waals surface area contributed by atoms with Crippen LogP contribution in [0.4, 0.5) is 0 Å². The molecule has 0 radical (unpaired) electrons. The number of nitrogens with one attached hydrogen (secondary N) is 1. The molecule has 0 aromatic carbocycles. The third-order valence-corrected chi connectivity index (χ3v) is 2.14. The summed E-state index contributed by atoms with van der Waals surface area (Å²) < 4.78 is 11.2. The molecule has 1 aromatic heterocycles. The highest BCUT2D eigenvalue weighted by Gasteiger charge is 2.12. The van der Waals surface area contributed by atoms with E-state index in [1.54, 1.807) is 6.20 Å². The quantitative estimate of drug-likeness (QED) is 0.830. The molecule has 17 heavy (non-hydrogen) atoms. The summed E-state index contributed by atoms with van der Waals surface area (Å²) >= 11 is 0. The van der Waals surface area contributed by atoms with Crippen LogP contribution in [-0.4, -0.2) is 23.2 Å². The van der Waals surface area contributed by atoms with Crippen molar-refractivity contribution in [1.29, 1.82) is 0 Å². The minimum atomic E-state index is -0.147. The van der Waals surface area contributed by atoms with E-state index in [4.69, 9.17) is 9.15 Å². The third-order valence-electron chi connectivity index (χ3n) is 2.14. The number of rotatable bonds is 6. The van der Waals surface area contributed by atoms with Gasteiger partial charge in [-0.25, -0.2) is 4.98 Å². The molecule has 4 nitrogen and oxygen atoms in total. The van der Waals surface area contributed by atoms with Crippen LogP contribution in [0.3, 0.4) is 0 Å². The second-order valence-corrected chi connectivity index (χ2v) is 5.48. The Labute approximate surface area is 104 Å². The fourth-order valence-corrected chi connectivity index (χ4v) is 1.29. The van der Waals surface area contributed by atoms with Gasteiger partial charge in [0.25, 0.3) is 0 Å². The van der Waals surface area contributed by atoms with Crippen LogP contribution in [0, 0.1) is 0 Å². The van der Waals surface area contributed by atoms with E-state index in [9.17, 15) is 0 Å². The van der Waals surface area contributed by atoms with Crippen molar-refractivity contribution in [2.24, 2.45) is 0 Å². The zero-order chi connectivity index (χ0) is 12.9. The second-order valence-electron chi connectivity index (χ2n) is 5.48. The lowest BCUT2D eigenvalue weighted by Gasteiger charge is -2.18. The molecule has 0 aliphatic heterocycles. The molecule has 0 fully saturated rings. The smallest absolute Gasteiger partial charge is 0.195 e. The van der Waals surface area contributed by atoms with Crippen molar-refractivity contribution in [2.45, 2.75) is 59.3 Å². The second kappa shape index (κ2) is 6.17. The van der Waals surface area contributed by atoms with Crippen LogP contribution < -0.4 is 5.32 Å². The average Bonchev–Trinajstić information content (AvgIpc) is 2.61. The van der Waals surface area contributed by atoms with Crippen LogP contribution in [0.25, 0.3) is 0 Å². The van der Waals surface area contributed by atoms with Crippen molar-refractivity contribution >= 4 is 0 Å². The number of hydrogen-bond acceptors (Lipinski definition) is 4. The van der Waals surface area contributed by atoms with Gasteiger partial charge in [0.05, 0.1) is 11.8 Å². The van der Waals surface area contributed by atoms with Crippen LogP contribution in [0.1, 0.15) is 46.3 Å². The molecule has 0 aliphatic carbocycles. The molecule has 0 aliphatic rings. The van der Waals surface area contributed by atoms with E-state index in [-0.39, 0.29) is 5.60 Å². The molecule has 1 rings (SSSR count). The SMILES string of the molecule is CC(C)NCCc1ncc(COC(C)(C)C)o1. The predicted octanol–water partition coefficient (Wildman–Crippen LogP) is 2.53. The van der Waals surface area contributed by atoms with Crippen molar-refractivity contribution in [2.75, 3.05) is 6.54 Å². The summed E-state index contributed by atoms with van der Waals surface area (Å²) in [5.74, 6) is 1.56. The summed E-state index contributed by atoms with van der Waals surface area (Å²) in [6.45, 7) is 11.7. The Balaban J connectivity index is 2.32. The van der Waals surface area contributed by atoms with Gasteiger partial charge in [-0.05, 0) is 20.8 Å². The van der Waals surface area contributed by atoms with Gasteiger partial charge in [0.15, 0.2) is 5.89 Å². The Morgan fingerprint density at radius 1 is 1.41 bits per heavy atom. The van der Waals surface area contributed by atoms with Gasteiger partial charge in [0.1, 0.15) is 12.4 Å².